The van der Waals surface area contributed by atoms with E-state index in [4.69, 9.17) is 10.8 Å². The number of Topliss-reactive ketones (excluding diaryl/α,β-unsaturated/α-hetero) is 3. The Kier molecular flexibility index (Phi) is 10.2. The first-order chi connectivity index (χ1) is 11.2. The number of amides is 1. The quantitative estimate of drug-likeness (QED) is 0.182. The van der Waals surface area contributed by atoms with E-state index in [1.807, 2.05) is 0 Å². The van der Waals surface area contributed by atoms with Crippen LogP contribution in [0.15, 0.2) is 0 Å². The summed E-state index contributed by atoms with van der Waals surface area (Å²) in [4.78, 5) is 47.0. The first-order valence-corrected chi connectivity index (χ1v) is 7.45. The lowest BCUT2D eigenvalue weighted by molar-refractivity contribution is -0.141. The van der Waals surface area contributed by atoms with Crippen LogP contribution < -0.4 is 21.7 Å². The van der Waals surface area contributed by atoms with Crippen molar-refractivity contribution < 1.29 is 29.4 Å². The lowest BCUT2D eigenvalue weighted by Gasteiger charge is -2.22. The summed E-state index contributed by atoms with van der Waals surface area (Å²) in [5.74, 6) is -2.98. The molecule has 1 amide bonds. The lowest BCUT2D eigenvalue weighted by atomic mass is 9.99. The minimum Gasteiger partial charge on any atom is -0.394 e. The van der Waals surface area contributed by atoms with Crippen LogP contribution in [0.2, 0.25) is 0 Å². The molecule has 0 aliphatic heterocycles. The van der Waals surface area contributed by atoms with E-state index in [-0.39, 0.29) is 13.0 Å². The molecule has 0 aliphatic carbocycles. The molecule has 0 heterocycles. The molecule has 138 valence electrons. The van der Waals surface area contributed by atoms with Gasteiger partial charge in [-0.3, -0.25) is 24.5 Å². The molecule has 7 N–H and O–H groups in total. The average Bonchev–Trinajstić information content (AvgIpc) is 2.52. The number of nitrogens with two attached hydrogens (primary N) is 1. The predicted molar refractivity (Wildman–Crippen MR) is 85.1 cm³/mol. The molecule has 0 aromatic carbocycles. The minimum absolute atomic E-state index is 0.213. The third-order valence-electron chi connectivity index (χ3n) is 3.49. The monoisotopic (exact) mass is 346 g/mol. The molecule has 4 atom stereocenters. The Morgan fingerprint density at radius 2 is 1.58 bits per heavy atom. The molecule has 0 bridgehead atoms. The van der Waals surface area contributed by atoms with Gasteiger partial charge >= 0.3 is 0 Å². The second-order valence-corrected chi connectivity index (χ2v) is 5.33. The molecule has 10 nitrogen and oxygen atoms in total. The number of aliphatic hydroxyl groups excluding tert-OH is 2. The SMILES string of the molecule is CN[C@@H](CC(N)=O)C(=O)CN[C@H](C(=O)C(=O)[C@H](CO)NC)[C@@H](C)O. The highest BCUT2D eigenvalue weighted by atomic mass is 16.3. The van der Waals surface area contributed by atoms with Crippen LogP contribution in [0.1, 0.15) is 13.3 Å². The first kappa shape index (κ1) is 22.3. The molecule has 0 rings (SSSR count). The van der Waals surface area contributed by atoms with Crippen LogP contribution in [0.4, 0.5) is 0 Å². The second-order valence-electron chi connectivity index (χ2n) is 5.33. The van der Waals surface area contributed by atoms with Crippen molar-refractivity contribution in [1.82, 2.24) is 16.0 Å². The van der Waals surface area contributed by atoms with Gasteiger partial charge < -0.3 is 26.6 Å². The van der Waals surface area contributed by atoms with E-state index in [0.29, 0.717) is 0 Å². The molecule has 0 radical (unpaired) electrons. The van der Waals surface area contributed by atoms with Crippen LogP contribution in [0.25, 0.3) is 0 Å². The highest BCUT2D eigenvalue weighted by Gasteiger charge is 2.33. The van der Waals surface area contributed by atoms with Gasteiger partial charge in [0.15, 0.2) is 5.78 Å². The normalized spacial score (nSPS) is 16.0. The highest BCUT2D eigenvalue weighted by molar-refractivity contribution is 6.41. The Morgan fingerprint density at radius 3 is 1.96 bits per heavy atom. The summed E-state index contributed by atoms with van der Waals surface area (Å²) in [6.45, 7) is 0.364. The Morgan fingerprint density at radius 1 is 1.04 bits per heavy atom. The number of rotatable bonds is 13. The zero-order valence-corrected chi connectivity index (χ0v) is 14.0. The van der Waals surface area contributed by atoms with Crippen molar-refractivity contribution in [2.75, 3.05) is 27.2 Å². The average molecular weight is 346 g/mol. The summed E-state index contributed by atoms with van der Waals surface area (Å²) in [6, 6.07) is -3.23. The number of carbonyl (C=O) groups is 4. The summed E-state index contributed by atoms with van der Waals surface area (Å²) in [6.07, 6.45) is -1.45. The Balaban J connectivity index is 4.91. The molecule has 0 unspecified atom stereocenters. The van der Waals surface area contributed by atoms with Crippen molar-refractivity contribution in [2.24, 2.45) is 5.73 Å². The minimum atomic E-state index is -1.31. The Labute approximate surface area is 140 Å². The summed E-state index contributed by atoms with van der Waals surface area (Å²) < 4.78 is 0. The topological polar surface area (TPSA) is 171 Å². The van der Waals surface area contributed by atoms with Crippen LogP contribution in [0, 0.1) is 0 Å². The first-order valence-electron chi connectivity index (χ1n) is 7.45. The van der Waals surface area contributed by atoms with Crippen LogP contribution in [0.5, 0.6) is 0 Å². The van der Waals surface area contributed by atoms with Gasteiger partial charge in [0.1, 0.15) is 6.04 Å². The van der Waals surface area contributed by atoms with Gasteiger partial charge in [-0.1, -0.05) is 0 Å². The summed E-state index contributed by atoms with van der Waals surface area (Å²) >= 11 is 0. The summed E-state index contributed by atoms with van der Waals surface area (Å²) in [7, 11) is 2.88. The number of hydrogen-bond donors (Lipinski definition) is 6. The van der Waals surface area contributed by atoms with E-state index in [2.05, 4.69) is 16.0 Å². The van der Waals surface area contributed by atoms with Crippen LogP contribution in [-0.4, -0.2) is 84.9 Å². The van der Waals surface area contributed by atoms with Crippen molar-refractivity contribution in [2.45, 2.75) is 37.6 Å². The molecule has 0 fully saturated rings. The fraction of sp³-hybridized carbons (Fsp3) is 0.714. The Bertz CT molecular complexity index is 464. The van der Waals surface area contributed by atoms with Crippen LogP contribution >= 0.6 is 0 Å². The molecule has 0 aromatic heterocycles. The van der Waals surface area contributed by atoms with Crippen molar-refractivity contribution in [3.63, 3.8) is 0 Å². The van der Waals surface area contributed by atoms with E-state index < -0.39 is 54.1 Å². The van der Waals surface area contributed by atoms with Crippen LogP contribution in [-0.2, 0) is 19.2 Å². The number of hydrogen-bond acceptors (Lipinski definition) is 9. The largest absolute Gasteiger partial charge is 0.394 e. The molecule has 0 saturated heterocycles. The molecule has 0 spiro atoms. The summed E-state index contributed by atoms with van der Waals surface area (Å²) in [5.41, 5.74) is 5.04. The fourth-order valence-corrected chi connectivity index (χ4v) is 2.02. The van der Waals surface area contributed by atoms with Crippen molar-refractivity contribution in [3.05, 3.63) is 0 Å². The highest BCUT2D eigenvalue weighted by Crippen LogP contribution is 2.01. The van der Waals surface area contributed by atoms with Gasteiger partial charge in [-0.2, -0.15) is 0 Å². The molecule has 0 aromatic rings. The number of carbonyl (C=O) groups excluding carboxylic acids is 4. The van der Waals surface area contributed by atoms with E-state index in [0.717, 1.165) is 0 Å². The fourth-order valence-electron chi connectivity index (χ4n) is 2.02. The van der Waals surface area contributed by atoms with Gasteiger partial charge in [-0.05, 0) is 21.0 Å². The molecular formula is C14H26N4O6. The Hall–Kier alpha value is -1.72. The van der Waals surface area contributed by atoms with Gasteiger partial charge in [-0.15, -0.1) is 0 Å². The van der Waals surface area contributed by atoms with Gasteiger partial charge in [0, 0.05) is 6.42 Å². The van der Waals surface area contributed by atoms with Crippen molar-refractivity contribution in [3.8, 4) is 0 Å². The van der Waals surface area contributed by atoms with Crippen molar-refractivity contribution in [1.29, 1.82) is 0 Å². The number of likely N-dealkylation sites (N-methyl/N-ethyl adjacent to an activating group) is 2. The molecule has 24 heavy (non-hydrogen) atoms. The zero-order chi connectivity index (χ0) is 18.9. The number of primary amides is 1. The molecule has 0 aliphatic rings. The van der Waals surface area contributed by atoms with E-state index in [9.17, 15) is 24.3 Å². The summed E-state index contributed by atoms with van der Waals surface area (Å²) in [5, 5.41) is 26.4. The van der Waals surface area contributed by atoms with Gasteiger partial charge in [0.25, 0.3) is 0 Å². The third-order valence-corrected chi connectivity index (χ3v) is 3.49. The molecular weight excluding hydrogens is 320 g/mol. The van der Waals surface area contributed by atoms with Gasteiger partial charge in [0.2, 0.25) is 17.5 Å². The van der Waals surface area contributed by atoms with Crippen LogP contribution in [0.3, 0.4) is 0 Å². The number of aliphatic hydroxyl groups is 2. The standard InChI is InChI=1S/C14H26N4O6/c1-7(20)12(14(24)13(23)9(6-19)17-3)18-5-10(21)8(16-2)4-11(15)22/h7-9,12,16-20H,4-6H2,1-3H3,(H2,15,22)/t7-,8+,9+,12+/m1/s1. The maximum Gasteiger partial charge on any atom is 0.219 e. The number of nitrogens with one attached hydrogen (secondary N) is 3. The van der Waals surface area contributed by atoms with E-state index in [1.165, 1.54) is 21.0 Å². The van der Waals surface area contributed by atoms with Crippen molar-refractivity contribution >= 4 is 23.3 Å². The maximum absolute atomic E-state index is 12.1. The third kappa shape index (κ3) is 6.81. The lowest BCUT2D eigenvalue weighted by Crippen LogP contribution is -2.55. The second kappa shape index (κ2) is 10.9. The maximum atomic E-state index is 12.1. The zero-order valence-electron chi connectivity index (χ0n) is 14.0. The predicted octanol–water partition coefficient (Wildman–Crippen LogP) is -3.92. The van der Waals surface area contributed by atoms with Gasteiger partial charge in [0.05, 0.1) is 31.3 Å². The smallest absolute Gasteiger partial charge is 0.219 e. The number of ketones is 3. The van der Waals surface area contributed by atoms with E-state index >= 15 is 0 Å². The molecule has 10 heteroatoms. The van der Waals surface area contributed by atoms with E-state index in [1.54, 1.807) is 0 Å². The van der Waals surface area contributed by atoms with Gasteiger partial charge in [-0.25, -0.2) is 0 Å². The molecule has 0 saturated carbocycles.